The Morgan fingerprint density at radius 2 is 2.46 bits per heavy atom. The molecule has 0 saturated carbocycles. The topological polar surface area (TPSA) is 17.0 Å². The average Bonchev–Trinajstić information content (AvgIpc) is 2.53. The van der Waals surface area contributed by atoms with Crippen LogP contribution >= 0.6 is 0 Å². The van der Waals surface area contributed by atoms with Crippen molar-refractivity contribution in [1.82, 2.24) is 9.88 Å². The summed E-state index contributed by atoms with van der Waals surface area (Å²) in [6.07, 6.45) is 10.4. The lowest BCUT2D eigenvalue weighted by Gasteiger charge is -2.08. The lowest BCUT2D eigenvalue weighted by Crippen LogP contribution is -2.25. The molecule has 0 aliphatic rings. The highest BCUT2D eigenvalue weighted by atomic mass is 14.9. The summed E-state index contributed by atoms with van der Waals surface area (Å²) in [6, 6.07) is 2.29. The third kappa shape index (κ3) is 2.96. The highest BCUT2D eigenvalue weighted by molar-refractivity contribution is 5.10. The highest BCUT2D eigenvalue weighted by Crippen LogP contribution is 1.99. The van der Waals surface area contributed by atoms with Crippen molar-refractivity contribution in [3.8, 4) is 12.3 Å². The number of aromatic nitrogens is 1. The molecule has 0 fully saturated rings. The lowest BCUT2D eigenvalue weighted by molar-refractivity contribution is 0.592. The number of aryl methyl sites for hydroxylation is 1. The van der Waals surface area contributed by atoms with Crippen molar-refractivity contribution >= 4 is 0 Å². The Labute approximate surface area is 80.0 Å². The molecule has 13 heavy (non-hydrogen) atoms. The van der Waals surface area contributed by atoms with Crippen LogP contribution in [0.15, 0.2) is 18.5 Å². The first-order chi connectivity index (χ1) is 6.26. The van der Waals surface area contributed by atoms with Gasteiger partial charge in [0.05, 0.1) is 6.04 Å². The summed E-state index contributed by atoms with van der Waals surface area (Å²) >= 11 is 0. The molecule has 1 aromatic heterocycles. The predicted octanol–water partition coefficient (Wildman–Crippen LogP) is 1.53. The summed E-state index contributed by atoms with van der Waals surface area (Å²) in [5.41, 5.74) is 1.27. The van der Waals surface area contributed by atoms with Gasteiger partial charge in [-0.1, -0.05) is 12.8 Å². The Balaban J connectivity index is 2.39. The molecule has 2 nitrogen and oxygen atoms in total. The molecule has 0 radical (unpaired) electrons. The second kappa shape index (κ2) is 4.74. The van der Waals surface area contributed by atoms with Crippen molar-refractivity contribution < 1.29 is 0 Å². The van der Waals surface area contributed by atoms with Crippen molar-refractivity contribution in [2.75, 3.05) is 0 Å². The standard InChI is InChI=1S/C11H16N2/c1-4-11(5-2)12-8-10-6-7-13(3)9-10/h1,6-7,9,11-12H,5,8H2,2-3H3. The zero-order chi connectivity index (χ0) is 9.68. The van der Waals surface area contributed by atoms with Gasteiger partial charge in [0, 0.05) is 26.0 Å². The summed E-state index contributed by atoms with van der Waals surface area (Å²) in [4.78, 5) is 0. The van der Waals surface area contributed by atoms with Gasteiger partial charge in [0.2, 0.25) is 0 Å². The van der Waals surface area contributed by atoms with Crippen LogP contribution in [-0.2, 0) is 13.6 Å². The number of nitrogens with zero attached hydrogens (tertiary/aromatic N) is 1. The largest absolute Gasteiger partial charge is 0.357 e. The van der Waals surface area contributed by atoms with Gasteiger partial charge in [0.25, 0.3) is 0 Å². The highest BCUT2D eigenvalue weighted by Gasteiger charge is 2.00. The summed E-state index contributed by atoms with van der Waals surface area (Å²) < 4.78 is 2.04. The molecule has 1 atom stereocenters. The first-order valence-electron chi connectivity index (χ1n) is 4.56. The quantitative estimate of drug-likeness (QED) is 0.688. The smallest absolute Gasteiger partial charge is 0.0686 e. The van der Waals surface area contributed by atoms with E-state index in [9.17, 15) is 0 Å². The van der Waals surface area contributed by atoms with E-state index in [1.54, 1.807) is 0 Å². The van der Waals surface area contributed by atoms with Crippen LogP contribution in [0.5, 0.6) is 0 Å². The number of terminal acetylenes is 1. The van der Waals surface area contributed by atoms with Gasteiger partial charge < -0.3 is 4.57 Å². The Hall–Kier alpha value is -1.20. The van der Waals surface area contributed by atoms with Crippen molar-refractivity contribution in [2.45, 2.75) is 25.9 Å². The molecule has 0 aliphatic carbocycles. The van der Waals surface area contributed by atoms with Gasteiger partial charge in [-0.05, 0) is 18.1 Å². The Bertz CT molecular complexity index is 293. The Kier molecular flexibility index (Phi) is 3.60. The van der Waals surface area contributed by atoms with Crippen molar-refractivity contribution in [3.63, 3.8) is 0 Å². The third-order valence-corrected chi connectivity index (χ3v) is 2.06. The molecule has 1 unspecified atom stereocenters. The van der Waals surface area contributed by atoms with Gasteiger partial charge in [-0.2, -0.15) is 0 Å². The van der Waals surface area contributed by atoms with E-state index in [2.05, 4.69) is 30.4 Å². The van der Waals surface area contributed by atoms with Crippen molar-refractivity contribution in [1.29, 1.82) is 0 Å². The minimum Gasteiger partial charge on any atom is -0.357 e. The first kappa shape index (κ1) is 9.88. The molecule has 0 saturated heterocycles. The van der Waals surface area contributed by atoms with Crippen LogP contribution in [-0.4, -0.2) is 10.6 Å². The fourth-order valence-electron chi connectivity index (χ4n) is 1.23. The van der Waals surface area contributed by atoms with E-state index in [1.807, 2.05) is 17.8 Å². The number of nitrogens with one attached hydrogen (secondary N) is 1. The van der Waals surface area contributed by atoms with Crippen LogP contribution in [0.1, 0.15) is 18.9 Å². The van der Waals surface area contributed by atoms with Crippen LogP contribution in [0.25, 0.3) is 0 Å². The van der Waals surface area contributed by atoms with Crippen LogP contribution in [0.3, 0.4) is 0 Å². The zero-order valence-electron chi connectivity index (χ0n) is 8.25. The molecule has 1 rings (SSSR count). The number of hydrogen-bond acceptors (Lipinski definition) is 1. The van der Waals surface area contributed by atoms with Gasteiger partial charge in [0.15, 0.2) is 0 Å². The SMILES string of the molecule is C#CC(CC)NCc1ccn(C)c1. The molecule has 0 amide bonds. The minimum atomic E-state index is 0.195. The summed E-state index contributed by atoms with van der Waals surface area (Å²) in [5, 5.41) is 3.30. The van der Waals surface area contributed by atoms with E-state index in [4.69, 9.17) is 6.42 Å². The second-order valence-corrected chi connectivity index (χ2v) is 3.19. The van der Waals surface area contributed by atoms with Crippen LogP contribution in [0.2, 0.25) is 0 Å². The molecule has 0 bridgehead atoms. The van der Waals surface area contributed by atoms with Gasteiger partial charge in [0.1, 0.15) is 0 Å². The Morgan fingerprint density at radius 3 is 2.92 bits per heavy atom. The van der Waals surface area contributed by atoms with Gasteiger partial charge in [-0.25, -0.2) is 0 Å². The fraction of sp³-hybridized carbons (Fsp3) is 0.455. The fourth-order valence-corrected chi connectivity index (χ4v) is 1.23. The lowest BCUT2D eigenvalue weighted by atomic mass is 10.2. The van der Waals surface area contributed by atoms with E-state index in [0.717, 1.165) is 13.0 Å². The maximum Gasteiger partial charge on any atom is 0.0686 e. The van der Waals surface area contributed by atoms with Gasteiger partial charge >= 0.3 is 0 Å². The van der Waals surface area contributed by atoms with E-state index in [-0.39, 0.29) is 6.04 Å². The maximum absolute atomic E-state index is 5.33. The predicted molar refractivity (Wildman–Crippen MR) is 55.2 cm³/mol. The summed E-state index contributed by atoms with van der Waals surface area (Å²) in [6.45, 7) is 2.94. The molecule has 2 heteroatoms. The maximum atomic E-state index is 5.33. The minimum absolute atomic E-state index is 0.195. The summed E-state index contributed by atoms with van der Waals surface area (Å²) in [7, 11) is 2.02. The van der Waals surface area contributed by atoms with Crippen LogP contribution in [0.4, 0.5) is 0 Å². The first-order valence-corrected chi connectivity index (χ1v) is 4.56. The van der Waals surface area contributed by atoms with Crippen LogP contribution < -0.4 is 5.32 Å². The second-order valence-electron chi connectivity index (χ2n) is 3.19. The number of rotatable bonds is 4. The van der Waals surface area contributed by atoms with Gasteiger partial charge in [-0.3, -0.25) is 5.32 Å². The molecule has 0 spiro atoms. The number of hydrogen-bond donors (Lipinski definition) is 1. The average molecular weight is 176 g/mol. The van der Waals surface area contributed by atoms with E-state index in [1.165, 1.54) is 5.56 Å². The Morgan fingerprint density at radius 1 is 1.69 bits per heavy atom. The molecular weight excluding hydrogens is 160 g/mol. The zero-order valence-corrected chi connectivity index (χ0v) is 8.25. The van der Waals surface area contributed by atoms with E-state index in [0.29, 0.717) is 0 Å². The van der Waals surface area contributed by atoms with Gasteiger partial charge in [-0.15, -0.1) is 6.42 Å². The molecular formula is C11H16N2. The van der Waals surface area contributed by atoms with Crippen LogP contribution in [0, 0.1) is 12.3 Å². The normalized spacial score (nSPS) is 12.4. The molecule has 0 aliphatic heterocycles. The molecule has 0 aromatic carbocycles. The van der Waals surface area contributed by atoms with Crippen molar-refractivity contribution in [3.05, 3.63) is 24.0 Å². The molecule has 1 N–H and O–H groups in total. The molecule has 70 valence electrons. The van der Waals surface area contributed by atoms with E-state index >= 15 is 0 Å². The molecule has 1 aromatic rings. The molecule has 1 heterocycles. The monoisotopic (exact) mass is 176 g/mol. The van der Waals surface area contributed by atoms with E-state index < -0.39 is 0 Å². The summed E-state index contributed by atoms with van der Waals surface area (Å²) in [5.74, 6) is 2.71. The van der Waals surface area contributed by atoms with Crippen molar-refractivity contribution in [2.24, 2.45) is 7.05 Å². The third-order valence-electron chi connectivity index (χ3n) is 2.06.